The van der Waals surface area contributed by atoms with Crippen LogP contribution in [0.4, 0.5) is 0 Å². The Bertz CT molecular complexity index is 701. The third-order valence-electron chi connectivity index (χ3n) is 3.63. The van der Waals surface area contributed by atoms with Crippen LogP contribution in [0.5, 0.6) is 0 Å². The molecular weight excluding hydrogens is 354 g/mol. The van der Waals surface area contributed by atoms with Crippen LogP contribution < -0.4 is 9.55 Å². The summed E-state index contributed by atoms with van der Waals surface area (Å²) in [4.78, 5) is 1.41. The summed E-state index contributed by atoms with van der Waals surface area (Å²) >= 11 is 5.59. The van der Waals surface area contributed by atoms with E-state index in [-0.39, 0.29) is 0 Å². The van der Waals surface area contributed by atoms with Gasteiger partial charge in [-0.3, -0.25) is 0 Å². The summed E-state index contributed by atoms with van der Waals surface area (Å²) in [6.07, 6.45) is 3.72. The van der Waals surface area contributed by atoms with E-state index in [0.29, 0.717) is 6.71 Å². The first-order chi connectivity index (χ1) is 11.0. The number of hydrogen-bond donors (Lipinski definition) is 0. The molecule has 3 rings (SSSR count). The van der Waals surface area contributed by atoms with Crippen molar-refractivity contribution in [2.24, 2.45) is 0 Å². The minimum absolute atomic E-state index is 0.375. The predicted molar refractivity (Wildman–Crippen MR) is 116 cm³/mol. The van der Waals surface area contributed by atoms with Gasteiger partial charge in [-0.1, -0.05) is 41.9 Å². The average Bonchev–Trinajstić information content (AvgIpc) is 3.23. The quantitative estimate of drug-likeness (QED) is 0.420. The van der Waals surface area contributed by atoms with Crippen molar-refractivity contribution in [3.05, 3.63) is 63.5 Å². The van der Waals surface area contributed by atoms with Gasteiger partial charge in [0.25, 0.3) is 6.71 Å². The Labute approximate surface area is 152 Å². The maximum absolute atomic E-state index is 2.52. The lowest BCUT2D eigenvalue weighted by Crippen LogP contribution is -2.40. The number of allylic oxidation sites excluding steroid dienone is 1. The van der Waals surface area contributed by atoms with Gasteiger partial charge in [0.2, 0.25) is 0 Å². The molecule has 0 saturated heterocycles. The highest BCUT2D eigenvalue weighted by Gasteiger charge is 2.28. The van der Waals surface area contributed by atoms with Gasteiger partial charge in [-0.15, -0.1) is 11.3 Å². The molecule has 0 nitrogen and oxygen atoms in total. The average molecular weight is 375 g/mol. The van der Waals surface area contributed by atoms with E-state index >= 15 is 0 Å². The summed E-state index contributed by atoms with van der Waals surface area (Å²) in [5.41, 5.74) is 1.49. The van der Waals surface area contributed by atoms with Gasteiger partial charge in [-0.25, -0.2) is 0 Å². The van der Waals surface area contributed by atoms with E-state index in [1.54, 1.807) is 0 Å². The highest BCUT2D eigenvalue weighted by atomic mass is 32.1. The molecule has 0 atom stereocenters. The minimum Gasteiger partial charge on any atom is -0.158 e. The fourth-order valence-electron chi connectivity index (χ4n) is 2.53. The predicted octanol–water partition coefficient (Wildman–Crippen LogP) is 5.01. The molecule has 0 radical (unpaired) electrons. The molecule has 0 spiro atoms. The molecule has 0 aliphatic heterocycles. The second-order valence-electron chi connectivity index (χ2n) is 6.57. The smallest absolute Gasteiger partial charge is 0.158 e. The van der Waals surface area contributed by atoms with Gasteiger partial charge >= 0.3 is 0 Å². The highest BCUT2D eigenvalue weighted by Crippen LogP contribution is 2.47. The summed E-state index contributed by atoms with van der Waals surface area (Å²) in [6, 6.07) is 13.3. The van der Waals surface area contributed by atoms with Crippen molar-refractivity contribution < 1.29 is 0 Å². The highest BCUT2D eigenvalue weighted by molar-refractivity contribution is 7.73. The summed E-state index contributed by atoms with van der Waals surface area (Å²) in [5, 5.41) is 6.58. The van der Waals surface area contributed by atoms with Crippen molar-refractivity contribution in [3.8, 4) is 0 Å². The first kappa shape index (κ1) is 17.2. The Kier molecular flexibility index (Phi) is 5.59. The van der Waals surface area contributed by atoms with Crippen molar-refractivity contribution in [1.82, 2.24) is 0 Å². The minimum atomic E-state index is -0.830. The molecule has 0 aliphatic rings. The van der Waals surface area contributed by atoms with E-state index in [4.69, 9.17) is 0 Å². The van der Waals surface area contributed by atoms with Crippen molar-refractivity contribution in [2.45, 2.75) is 0 Å². The van der Waals surface area contributed by atoms with Crippen LogP contribution in [0, 0.1) is 0 Å². The summed E-state index contributed by atoms with van der Waals surface area (Å²) in [5.74, 6) is 0. The molecular formula is C18H21BPS3+. The molecule has 0 aromatic carbocycles. The maximum Gasteiger partial charge on any atom is 0.267 e. The zero-order valence-corrected chi connectivity index (χ0v) is 17.1. The molecule has 0 unspecified atom stereocenters. The second kappa shape index (κ2) is 7.48. The van der Waals surface area contributed by atoms with Gasteiger partial charge < -0.3 is 0 Å². The van der Waals surface area contributed by atoms with Crippen LogP contribution in [0.3, 0.4) is 0 Å². The van der Waals surface area contributed by atoms with Gasteiger partial charge in [-0.2, -0.15) is 22.7 Å². The Morgan fingerprint density at radius 3 is 1.91 bits per heavy atom. The number of hydrogen-bond acceptors (Lipinski definition) is 3. The third kappa shape index (κ3) is 4.45. The fraction of sp³-hybridized carbons (Fsp3) is 0.222. The first-order valence-electron chi connectivity index (χ1n) is 7.66. The molecule has 118 valence electrons. The maximum atomic E-state index is 2.52. The van der Waals surface area contributed by atoms with Gasteiger partial charge in [0.15, 0.2) is 0 Å². The van der Waals surface area contributed by atoms with Crippen LogP contribution in [-0.2, 0) is 0 Å². The molecule has 3 aromatic heterocycles. The Morgan fingerprint density at radius 1 is 0.913 bits per heavy atom. The summed E-state index contributed by atoms with van der Waals surface area (Å²) in [7, 11) is -0.830. The molecule has 5 heteroatoms. The van der Waals surface area contributed by atoms with Crippen molar-refractivity contribution >= 4 is 63.0 Å². The van der Waals surface area contributed by atoms with Gasteiger partial charge in [-0.05, 0) is 31.8 Å². The molecule has 0 saturated carbocycles. The van der Waals surface area contributed by atoms with Crippen molar-refractivity contribution in [3.63, 3.8) is 0 Å². The zero-order chi connectivity index (χ0) is 16.3. The third-order valence-corrected chi connectivity index (χ3v) is 7.70. The molecule has 0 N–H and O–H groups in total. The lowest BCUT2D eigenvalue weighted by atomic mass is 9.42. The number of rotatable bonds is 6. The number of thiophene rings is 3. The van der Waals surface area contributed by atoms with Crippen LogP contribution in [-0.4, -0.2) is 32.9 Å². The monoisotopic (exact) mass is 375 g/mol. The van der Waals surface area contributed by atoms with Gasteiger partial charge in [0.05, 0.1) is 6.16 Å². The van der Waals surface area contributed by atoms with Crippen LogP contribution in [0.15, 0.2) is 58.6 Å². The fourth-order valence-corrected chi connectivity index (χ4v) is 5.87. The van der Waals surface area contributed by atoms with E-state index < -0.39 is 7.26 Å². The Hall–Kier alpha value is -0.665. The van der Waals surface area contributed by atoms with E-state index in [2.05, 4.69) is 78.6 Å². The topological polar surface area (TPSA) is 0 Å². The SMILES string of the molecule is C[P+](C)(C)C/C=C(\B(c1cccs1)c1cccs1)c1cccs1. The zero-order valence-electron chi connectivity index (χ0n) is 13.7. The van der Waals surface area contributed by atoms with E-state index in [0.717, 1.165) is 0 Å². The van der Waals surface area contributed by atoms with Crippen LogP contribution in [0.1, 0.15) is 4.88 Å². The van der Waals surface area contributed by atoms with E-state index in [9.17, 15) is 0 Å². The van der Waals surface area contributed by atoms with Crippen molar-refractivity contribution in [1.29, 1.82) is 0 Å². The first-order valence-corrected chi connectivity index (χ1v) is 13.6. The Morgan fingerprint density at radius 2 is 1.48 bits per heavy atom. The van der Waals surface area contributed by atoms with Crippen LogP contribution >= 0.6 is 41.3 Å². The molecule has 23 heavy (non-hydrogen) atoms. The largest absolute Gasteiger partial charge is 0.267 e. The molecule has 0 fully saturated rings. The van der Waals surface area contributed by atoms with E-state index in [1.165, 1.54) is 26.1 Å². The molecule has 0 bridgehead atoms. The van der Waals surface area contributed by atoms with E-state index in [1.807, 2.05) is 34.0 Å². The lowest BCUT2D eigenvalue weighted by molar-refractivity contribution is 1.68. The standard InChI is InChI=1S/C18H21BPS3/c1-20(2,3)11-10-15(16-7-4-12-21-16)19(17-8-5-13-22-17)18-9-6-14-23-18/h4-10,12-14H,11H2,1-3H3/q+1/b15-10-. The molecule has 0 aliphatic carbocycles. The van der Waals surface area contributed by atoms with Crippen molar-refractivity contribution in [2.75, 3.05) is 26.2 Å². The van der Waals surface area contributed by atoms with Crippen LogP contribution in [0.25, 0.3) is 5.47 Å². The molecule has 3 aromatic rings. The van der Waals surface area contributed by atoms with Gasteiger partial charge in [0.1, 0.15) is 0 Å². The lowest BCUT2D eigenvalue weighted by Gasteiger charge is -2.16. The van der Waals surface area contributed by atoms with Crippen LogP contribution in [0.2, 0.25) is 0 Å². The normalized spacial score (nSPS) is 12.6. The van der Waals surface area contributed by atoms with Gasteiger partial charge in [0, 0.05) is 32.1 Å². The summed E-state index contributed by atoms with van der Waals surface area (Å²) in [6.45, 7) is 7.63. The second-order valence-corrected chi connectivity index (χ2v) is 14.4. The molecule has 0 amide bonds. The molecule has 3 heterocycles. The Balaban J connectivity index is 2.08. The summed E-state index contributed by atoms with van der Waals surface area (Å²) < 4.78 is 2.89.